The van der Waals surface area contributed by atoms with Gasteiger partial charge in [-0.05, 0) is 38.7 Å². The van der Waals surface area contributed by atoms with E-state index in [4.69, 9.17) is 14.5 Å². The number of benzene rings is 2. The maximum Gasteiger partial charge on any atom is 0.320 e. The van der Waals surface area contributed by atoms with E-state index in [9.17, 15) is 0 Å². The van der Waals surface area contributed by atoms with E-state index in [1.54, 1.807) is 0 Å². The van der Waals surface area contributed by atoms with Crippen LogP contribution in [-0.4, -0.2) is 70.4 Å². The van der Waals surface area contributed by atoms with Crippen LogP contribution < -0.4 is 10.1 Å². The van der Waals surface area contributed by atoms with E-state index < -0.39 is 0 Å². The van der Waals surface area contributed by atoms with Crippen LogP contribution in [0.5, 0.6) is 6.01 Å². The zero-order valence-corrected chi connectivity index (χ0v) is 21.6. The number of aromatic nitrogens is 4. The van der Waals surface area contributed by atoms with Gasteiger partial charge < -0.3 is 19.4 Å². The molecule has 0 unspecified atom stereocenters. The minimum Gasteiger partial charge on any atom is -0.463 e. The van der Waals surface area contributed by atoms with Crippen LogP contribution in [0.2, 0.25) is 0 Å². The summed E-state index contributed by atoms with van der Waals surface area (Å²) in [5.41, 5.74) is 2.68. The minimum absolute atomic E-state index is 0.388. The van der Waals surface area contributed by atoms with Crippen molar-refractivity contribution in [3.63, 3.8) is 0 Å². The highest BCUT2D eigenvalue weighted by atomic mass is 79.9. The van der Waals surface area contributed by atoms with Crippen LogP contribution >= 0.6 is 15.9 Å². The van der Waals surface area contributed by atoms with Gasteiger partial charge in [0.05, 0.1) is 32.7 Å². The molecule has 0 atom stereocenters. The lowest BCUT2D eigenvalue weighted by atomic mass is 10.1. The Morgan fingerprint density at radius 2 is 1.97 bits per heavy atom. The number of anilines is 1. The molecule has 0 saturated carbocycles. The van der Waals surface area contributed by atoms with Crippen LogP contribution in [-0.2, 0) is 11.3 Å². The topological polar surface area (TPSA) is 77.3 Å². The molecule has 5 rings (SSSR count). The van der Waals surface area contributed by atoms with Crippen molar-refractivity contribution in [2.24, 2.45) is 0 Å². The van der Waals surface area contributed by atoms with Crippen molar-refractivity contribution < 1.29 is 9.47 Å². The molecule has 35 heavy (non-hydrogen) atoms. The van der Waals surface area contributed by atoms with Gasteiger partial charge in [0.2, 0.25) is 0 Å². The van der Waals surface area contributed by atoms with Gasteiger partial charge in [0.15, 0.2) is 17.0 Å². The second kappa shape index (κ2) is 11.3. The number of imidazole rings is 1. The second-order valence-corrected chi connectivity index (χ2v) is 9.54. The van der Waals surface area contributed by atoms with Crippen molar-refractivity contribution in [2.75, 3.05) is 51.3 Å². The molecule has 1 aliphatic rings. The third-order valence-corrected chi connectivity index (χ3v) is 7.22. The molecule has 184 valence electrons. The van der Waals surface area contributed by atoms with Gasteiger partial charge >= 0.3 is 6.01 Å². The molecule has 1 aliphatic heterocycles. The fourth-order valence-electron chi connectivity index (χ4n) is 4.28. The Balaban J connectivity index is 1.41. The van der Waals surface area contributed by atoms with Crippen LogP contribution in [0.1, 0.15) is 25.3 Å². The highest BCUT2D eigenvalue weighted by molar-refractivity contribution is 9.10. The Hall–Kier alpha value is -2.75. The van der Waals surface area contributed by atoms with Crippen LogP contribution in [0.4, 0.5) is 5.82 Å². The average molecular weight is 539 g/mol. The van der Waals surface area contributed by atoms with Gasteiger partial charge in [0, 0.05) is 30.7 Å². The molecule has 1 N–H and O–H groups in total. The number of fused-ring (bicyclic) bond motifs is 2. The maximum atomic E-state index is 5.91. The van der Waals surface area contributed by atoms with Crippen molar-refractivity contribution in [1.29, 1.82) is 0 Å². The molecular formula is C26H31BrN6O2. The Morgan fingerprint density at radius 3 is 2.83 bits per heavy atom. The summed E-state index contributed by atoms with van der Waals surface area (Å²) in [6.45, 7) is 8.57. The number of unbranched alkanes of at least 4 members (excludes halogenated alkanes) is 1. The summed E-state index contributed by atoms with van der Waals surface area (Å²) in [6, 6.07) is 13.1. The number of ether oxygens (including phenoxy) is 2. The SMILES string of the molecule is CCCCOc1nc(NCCN2CCOCC2)c2ncn(Cc3ccc4ccccc4c3Br)c2n1. The molecule has 4 aromatic rings. The number of morpholine rings is 1. The second-order valence-electron chi connectivity index (χ2n) is 8.74. The smallest absolute Gasteiger partial charge is 0.320 e. The highest BCUT2D eigenvalue weighted by Gasteiger charge is 2.16. The predicted octanol–water partition coefficient (Wildman–Crippen LogP) is 4.71. The number of hydrogen-bond acceptors (Lipinski definition) is 7. The van der Waals surface area contributed by atoms with Crippen LogP contribution in [0.3, 0.4) is 0 Å². The van der Waals surface area contributed by atoms with Gasteiger partial charge in [-0.3, -0.25) is 4.90 Å². The largest absolute Gasteiger partial charge is 0.463 e. The third kappa shape index (κ3) is 5.58. The van der Waals surface area contributed by atoms with Crippen molar-refractivity contribution in [2.45, 2.75) is 26.3 Å². The zero-order valence-electron chi connectivity index (χ0n) is 20.0. The summed E-state index contributed by atoms with van der Waals surface area (Å²) in [7, 11) is 0. The highest BCUT2D eigenvalue weighted by Crippen LogP contribution is 2.29. The number of nitrogens with zero attached hydrogens (tertiary/aromatic N) is 5. The van der Waals surface area contributed by atoms with Gasteiger partial charge in [0.1, 0.15) is 0 Å². The van der Waals surface area contributed by atoms with Gasteiger partial charge in [-0.2, -0.15) is 9.97 Å². The molecule has 3 heterocycles. The number of rotatable bonds is 10. The third-order valence-electron chi connectivity index (χ3n) is 6.28. The first-order valence-electron chi connectivity index (χ1n) is 12.3. The molecule has 9 heteroatoms. The quantitative estimate of drug-likeness (QED) is 0.293. The Labute approximate surface area is 213 Å². The molecule has 0 bridgehead atoms. The summed E-state index contributed by atoms with van der Waals surface area (Å²) in [6.07, 6.45) is 3.86. The average Bonchev–Trinajstić information content (AvgIpc) is 3.29. The molecule has 1 fully saturated rings. The standard InChI is InChI=1S/C26H31BrN6O2/c1-2-3-14-35-26-30-24(28-10-11-32-12-15-34-16-13-32)23-25(31-26)33(18-29-23)17-20-9-8-19-6-4-5-7-21(19)22(20)27/h4-9,18H,2-3,10-17H2,1H3,(H,28,30,31). The first-order valence-corrected chi connectivity index (χ1v) is 13.1. The first kappa shape index (κ1) is 24.0. The van der Waals surface area contributed by atoms with Gasteiger partial charge in [-0.25, -0.2) is 4.98 Å². The summed E-state index contributed by atoms with van der Waals surface area (Å²) in [5, 5.41) is 5.88. The molecule has 0 radical (unpaired) electrons. The van der Waals surface area contributed by atoms with Crippen LogP contribution in [0.25, 0.3) is 21.9 Å². The normalized spacial score (nSPS) is 14.6. The van der Waals surface area contributed by atoms with Gasteiger partial charge in [-0.15, -0.1) is 0 Å². The Morgan fingerprint density at radius 1 is 1.11 bits per heavy atom. The van der Waals surface area contributed by atoms with Gasteiger partial charge in [0.25, 0.3) is 0 Å². The van der Waals surface area contributed by atoms with E-state index in [2.05, 4.69) is 84.0 Å². The number of hydrogen-bond donors (Lipinski definition) is 1. The van der Waals surface area contributed by atoms with E-state index in [0.29, 0.717) is 25.0 Å². The van der Waals surface area contributed by atoms with E-state index in [1.165, 1.54) is 10.8 Å². The predicted molar refractivity (Wildman–Crippen MR) is 142 cm³/mol. The van der Waals surface area contributed by atoms with E-state index in [0.717, 1.165) is 73.4 Å². The summed E-state index contributed by atoms with van der Waals surface area (Å²) in [5.74, 6) is 0.714. The van der Waals surface area contributed by atoms with Crippen LogP contribution in [0.15, 0.2) is 47.2 Å². The number of halogens is 1. The van der Waals surface area contributed by atoms with E-state index >= 15 is 0 Å². The van der Waals surface area contributed by atoms with E-state index in [-0.39, 0.29) is 0 Å². The fraction of sp³-hybridized carbons (Fsp3) is 0.423. The zero-order chi connectivity index (χ0) is 24.0. The lowest BCUT2D eigenvalue weighted by molar-refractivity contribution is 0.0398. The fourth-order valence-corrected chi connectivity index (χ4v) is 4.90. The Bertz CT molecular complexity index is 1290. The molecule has 1 saturated heterocycles. The lowest BCUT2D eigenvalue weighted by Gasteiger charge is -2.26. The summed E-state index contributed by atoms with van der Waals surface area (Å²) in [4.78, 5) is 16.5. The van der Waals surface area contributed by atoms with Gasteiger partial charge in [-0.1, -0.05) is 49.7 Å². The molecule has 8 nitrogen and oxygen atoms in total. The number of nitrogens with one attached hydrogen (secondary N) is 1. The molecular weight excluding hydrogens is 508 g/mol. The monoisotopic (exact) mass is 538 g/mol. The molecule has 0 amide bonds. The Kier molecular flexibility index (Phi) is 7.75. The minimum atomic E-state index is 0.388. The van der Waals surface area contributed by atoms with Crippen molar-refractivity contribution in [3.8, 4) is 6.01 Å². The van der Waals surface area contributed by atoms with Crippen molar-refractivity contribution >= 4 is 43.7 Å². The van der Waals surface area contributed by atoms with E-state index in [1.807, 2.05) is 6.33 Å². The summed E-state index contributed by atoms with van der Waals surface area (Å²) < 4.78 is 14.5. The summed E-state index contributed by atoms with van der Waals surface area (Å²) >= 11 is 3.82. The maximum absolute atomic E-state index is 5.91. The van der Waals surface area contributed by atoms with Crippen molar-refractivity contribution in [3.05, 3.63) is 52.8 Å². The molecule has 0 spiro atoms. The molecule has 2 aromatic carbocycles. The van der Waals surface area contributed by atoms with Crippen molar-refractivity contribution in [1.82, 2.24) is 24.4 Å². The molecule has 2 aromatic heterocycles. The van der Waals surface area contributed by atoms with Crippen LogP contribution in [0, 0.1) is 0 Å². The lowest BCUT2D eigenvalue weighted by Crippen LogP contribution is -2.39. The first-order chi connectivity index (χ1) is 17.2. The molecule has 0 aliphatic carbocycles.